The van der Waals surface area contributed by atoms with Crippen LogP contribution in [0.2, 0.25) is 0 Å². The number of quaternary nitrogens is 1. The van der Waals surface area contributed by atoms with E-state index in [2.05, 4.69) is 27.6 Å². The third-order valence-corrected chi connectivity index (χ3v) is 2.99. The van der Waals surface area contributed by atoms with Gasteiger partial charge in [0, 0.05) is 0 Å². The second-order valence-electron chi connectivity index (χ2n) is 5.25. The molecule has 16 heavy (non-hydrogen) atoms. The molecule has 0 N–H and O–H groups in total. The Hall–Kier alpha value is 0.180. The number of rotatable bonds is 10. The van der Waals surface area contributed by atoms with Gasteiger partial charge in [0.1, 0.15) is 0 Å². The number of hydrogen-bond donors (Lipinski definition) is 0. The fourth-order valence-electron chi connectivity index (χ4n) is 1.94. The highest BCUT2D eigenvalue weighted by Gasteiger charge is 2.10. The number of nitrogens with zero attached hydrogens (tertiary/aromatic N) is 1. The maximum absolute atomic E-state index is 3.81. The summed E-state index contributed by atoms with van der Waals surface area (Å²) in [7, 11) is 4.58. The van der Waals surface area contributed by atoms with E-state index in [0.29, 0.717) is 0 Å². The van der Waals surface area contributed by atoms with E-state index in [1.54, 1.807) is 0 Å². The first-order valence-corrected chi connectivity index (χ1v) is 6.55. The monoisotopic (exact) mass is 291 g/mol. The van der Waals surface area contributed by atoms with Gasteiger partial charge in [-0.25, -0.2) is 0 Å². The number of unbranched alkanes of at least 4 members (excludes halogenated alkanes) is 6. The molecule has 0 aliphatic rings. The van der Waals surface area contributed by atoms with Gasteiger partial charge in [0.25, 0.3) is 0 Å². The highest BCUT2D eigenvalue weighted by Crippen LogP contribution is 2.09. The summed E-state index contributed by atoms with van der Waals surface area (Å²) in [4.78, 5) is 0. The lowest BCUT2D eigenvalue weighted by Gasteiger charge is -2.28. The SMILES string of the molecule is C=CC[N+](C)(C)CCCCCCCCC.[Br-]. The molecule has 0 spiro atoms. The third kappa shape index (κ3) is 12.3. The van der Waals surface area contributed by atoms with Crippen molar-refractivity contribution in [3.8, 4) is 0 Å². The van der Waals surface area contributed by atoms with Gasteiger partial charge in [-0.2, -0.15) is 0 Å². The minimum absolute atomic E-state index is 0. The van der Waals surface area contributed by atoms with Crippen molar-refractivity contribution in [2.24, 2.45) is 0 Å². The Balaban J connectivity index is 0. The maximum Gasteiger partial charge on any atom is 0.0966 e. The molecule has 0 unspecified atom stereocenters. The van der Waals surface area contributed by atoms with Crippen LogP contribution in [0.3, 0.4) is 0 Å². The molecule has 0 radical (unpaired) electrons. The molecule has 0 rings (SSSR count). The van der Waals surface area contributed by atoms with Gasteiger partial charge in [0.2, 0.25) is 0 Å². The fourth-order valence-corrected chi connectivity index (χ4v) is 1.94. The van der Waals surface area contributed by atoms with Crippen molar-refractivity contribution in [2.75, 3.05) is 27.2 Å². The molecule has 0 aromatic carbocycles. The predicted molar refractivity (Wildman–Crippen MR) is 70.0 cm³/mol. The zero-order chi connectivity index (χ0) is 11.6. The predicted octanol–water partition coefficient (Wildman–Crippen LogP) is 1.00. The summed E-state index contributed by atoms with van der Waals surface area (Å²) in [5, 5.41) is 0. The van der Waals surface area contributed by atoms with Crippen LogP contribution in [0.4, 0.5) is 0 Å². The molecule has 0 aliphatic carbocycles. The van der Waals surface area contributed by atoms with Gasteiger partial charge in [0.05, 0.1) is 27.2 Å². The zero-order valence-corrected chi connectivity index (χ0v) is 13.1. The minimum atomic E-state index is 0. The molecule has 0 heterocycles. The van der Waals surface area contributed by atoms with Crippen LogP contribution in [-0.4, -0.2) is 31.7 Å². The molecule has 2 heteroatoms. The quantitative estimate of drug-likeness (QED) is 0.320. The van der Waals surface area contributed by atoms with Crippen molar-refractivity contribution >= 4 is 0 Å². The Bertz CT molecular complexity index is 155. The van der Waals surface area contributed by atoms with Gasteiger partial charge in [-0.05, 0) is 18.9 Å². The van der Waals surface area contributed by atoms with E-state index in [9.17, 15) is 0 Å². The molecule has 98 valence electrons. The molecular weight excluding hydrogens is 262 g/mol. The van der Waals surface area contributed by atoms with Crippen LogP contribution in [0.5, 0.6) is 0 Å². The first-order chi connectivity index (χ1) is 7.12. The van der Waals surface area contributed by atoms with E-state index in [1.165, 1.54) is 51.5 Å². The topological polar surface area (TPSA) is 0 Å². The summed E-state index contributed by atoms with van der Waals surface area (Å²) in [5.74, 6) is 0. The molecule has 0 aromatic heterocycles. The Labute approximate surface area is 113 Å². The number of hydrogen-bond acceptors (Lipinski definition) is 0. The molecule has 1 nitrogen and oxygen atoms in total. The molecular formula is C14H30BrN. The highest BCUT2D eigenvalue weighted by atomic mass is 79.9. The van der Waals surface area contributed by atoms with Crippen molar-refractivity contribution in [3.63, 3.8) is 0 Å². The fraction of sp³-hybridized carbons (Fsp3) is 0.857. The first kappa shape index (κ1) is 18.5. The minimum Gasteiger partial charge on any atom is -1.00 e. The molecule has 0 aliphatic heterocycles. The van der Waals surface area contributed by atoms with Gasteiger partial charge in [-0.3, -0.25) is 0 Å². The molecule has 0 aromatic rings. The van der Waals surface area contributed by atoms with Crippen LogP contribution in [0.25, 0.3) is 0 Å². The standard InChI is InChI=1S/C14H30N.BrH/c1-5-7-8-9-10-11-12-14-15(3,4)13-6-2;/h6H,2,5,7-14H2,1,3-4H3;1H/q+1;/p-1. The third-order valence-electron chi connectivity index (χ3n) is 2.99. The summed E-state index contributed by atoms with van der Waals surface area (Å²) in [6.07, 6.45) is 11.9. The van der Waals surface area contributed by atoms with Gasteiger partial charge in [-0.15, -0.1) is 0 Å². The summed E-state index contributed by atoms with van der Waals surface area (Å²) >= 11 is 0. The lowest BCUT2D eigenvalue weighted by atomic mass is 10.1. The van der Waals surface area contributed by atoms with Crippen LogP contribution in [-0.2, 0) is 0 Å². The molecule has 0 bridgehead atoms. The Morgan fingerprint density at radius 3 is 1.94 bits per heavy atom. The number of likely N-dealkylation sites (N-methyl/N-ethyl adjacent to an activating group) is 1. The van der Waals surface area contributed by atoms with E-state index in [1.807, 2.05) is 6.08 Å². The summed E-state index contributed by atoms with van der Waals surface area (Å²) in [5.41, 5.74) is 0. The molecule has 0 fully saturated rings. The van der Waals surface area contributed by atoms with Crippen molar-refractivity contribution in [1.82, 2.24) is 0 Å². The van der Waals surface area contributed by atoms with Crippen molar-refractivity contribution in [1.29, 1.82) is 0 Å². The summed E-state index contributed by atoms with van der Waals surface area (Å²) < 4.78 is 1.10. The first-order valence-electron chi connectivity index (χ1n) is 6.55. The van der Waals surface area contributed by atoms with Crippen molar-refractivity contribution in [3.05, 3.63) is 12.7 Å². The van der Waals surface area contributed by atoms with E-state index < -0.39 is 0 Å². The van der Waals surface area contributed by atoms with Gasteiger partial charge >= 0.3 is 0 Å². The largest absolute Gasteiger partial charge is 1.00 e. The average molecular weight is 292 g/mol. The smallest absolute Gasteiger partial charge is 0.0966 e. The van der Waals surface area contributed by atoms with Crippen molar-refractivity contribution in [2.45, 2.75) is 51.9 Å². The van der Waals surface area contributed by atoms with Gasteiger partial charge in [0.15, 0.2) is 0 Å². The Morgan fingerprint density at radius 2 is 1.44 bits per heavy atom. The maximum atomic E-state index is 3.81. The Morgan fingerprint density at radius 1 is 0.938 bits per heavy atom. The highest BCUT2D eigenvalue weighted by molar-refractivity contribution is 4.64. The second-order valence-corrected chi connectivity index (χ2v) is 5.25. The van der Waals surface area contributed by atoms with Gasteiger partial charge in [-0.1, -0.05) is 45.6 Å². The van der Waals surface area contributed by atoms with E-state index in [4.69, 9.17) is 0 Å². The summed E-state index contributed by atoms with van der Waals surface area (Å²) in [6, 6.07) is 0. The Kier molecular flexibility index (Phi) is 13.5. The lowest BCUT2D eigenvalue weighted by Crippen LogP contribution is -3.00. The average Bonchev–Trinajstić information content (AvgIpc) is 2.16. The van der Waals surface area contributed by atoms with Crippen LogP contribution < -0.4 is 17.0 Å². The zero-order valence-electron chi connectivity index (χ0n) is 11.5. The van der Waals surface area contributed by atoms with Crippen LogP contribution >= 0.6 is 0 Å². The van der Waals surface area contributed by atoms with Gasteiger partial charge < -0.3 is 21.5 Å². The van der Waals surface area contributed by atoms with E-state index >= 15 is 0 Å². The van der Waals surface area contributed by atoms with E-state index in [-0.39, 0.29) is 17.0 Å². The number of halogens is 1. The molecule has 0 atom stereocenters. The van der Waals surface area contributed by atoms with Crippen LogP contribution in [0.1, 0.15) is 51.9 Å². The van der Waals surface area contributed by atoms with Crippen LogP contribution in [0.15, 0.2) is 12.7 Å². The normalized spacial score (nSPS) is 10.9. The lowest BCUT2D eigenvalue weighted by molar-refractivity contribution is -0.884. The molecule has 0 saturated heterocycles. The van der Waals surface area contributed by atoms with E-state index in [0.717, 1.165) is 11.0 Å². The van der Waals surface area contributed by atoms with Crippen molar-refractivity contribution < 1.29 is 21.5 Å². The summed E-state index contributed by atoms with van der Waals surface area (Å²) in [6.45, 7) is 8.47. The second kappa shape index (κ2) is 11.7. The molecule has 0 amide bonds. The van der Waals surface area contributed by atoms with Crippen LogP contribution in [0, 0.1) is 0 Å². The molecule has 0 saturated carbocycles.